The van der Waals surface area contributed by atoms with E-state index >= 15 is 0 Å². The summed E-state index contributed by atoms with van der Waals surface area (Å²) in [6.45, 7) is -0.0104. The van der Waals surface area contributed by atoms with Crippen LogP contribution in [0.2, 0.25) is 5.02 Å². The van der Waals surface area contributed by atoms with Crippen LogP contribution in [0.15, 0.2) is 34.7 Å². The molecule has 2 N–H and O–H groups in total. The van der Waals surface area contributed by atoms with Gasteiger partial charge in [-0.2, -0.15) is 0 Å². The molecule has 0 aliphatic carbocycles. The maximum Gasteiger partial charge on any atom is 0.316 e. The summed E-state index contributed by atoms with van der Waals surface area (Å²) in [6, 6.07) is 4.67. The second-order valence-corrected chi connectivity index (χ2v) is 6.95. The van der Waals surface area contributed by atoms with Crippen LogP contribution in [-0.2, 0) is 4.79 Å². The lowest BCUT2D eigenvalue weighted by Crippen LogP contribution is -2.33. The van der Waals surface area contributed by atoms with Crippen molar-refractivity contribution in [3.05, 3.63) is 58.4 Å². The van der Waals surface area contributed by atoms with Crippen LogP contribution in [0.5, 0.6) is 5.75 Å². The van der Waals surface area contributed by atoms with Gasteiger partial charge in [-0.15, -0.1) is 5.10 Å². The minimum Gasteiger partial charge on any atom is -0.497 e. The van der Waals surface area contributed by atoms with Gasteiger partial charge in [-0.05, 0) is 18.2 Å². The predicted octanol–water partition coefficient (Wildman–Crippen LogP) is 3.51. The van der Waals surface area contributed by atoms with Gasteiger partial charge in [0, 0.05) is 35.2 Å². The van der Waals surface area contributed by atoms with Crippen molar-refractivity contribution in [1.29, 1.82) is 0 Å². The number of carbonyl (C=O) groups is 1. The van der Waals surface area contributed by atoms with Gasteiger partial charge < -0.3 is 19.8 Å². The number of nitrogens with one attached hydrogen (secondary N) is 2. The van der Waals surface area contributed by atoms with Crippen LogP contribution in [-0.4, -0.2) is 35.8 Å². The first-order valence-corrected chi connectivity index (χ1v) is 9.11. The number of halogens is 4. The summed E-state index contributed by atoms with van der Waals surface area (Å²) in [6.07, 6.45) is 0. The Bertz CT molecular complexity index is 1100. The van der Waals surface area contributed by atoms with Crippen molar-refractivity contribution in [2.24, 2.45) is 0 Å². The molecule has 1 aliphatic heterocycles. The number of carbonyl (C=O) groups excluding carboxylic acids is 1. The molecule has 0 bridgehead atoms. The van der Waals surface area contributed by atoms with Crippen LogP contribution < -0.4 is 15.4 Å². The molecular weight excluding hydrogens is 425 g/mol. The number of methoxy groups -OCH3 is 1. The molecule has 156 valence electrons. The molecule has 1 aliphatic rings. The smallest absolute Gasteiger partial charge is 0.316 e. The highest BCUT2D eigenvalue weighted by molar-refractivity contribution is 6.30. The van der Waals surface area contributed by atoms with Gasteiger partial charge in [0.2, 0.25) is 5.91 Å². The number of nitrogens with zero attached hydrogens (tertiary/aromatic N) is 2. The van der Waals surface area contributed by atoms with Crippen molar-refractivity contribution in [1.82, 2.24) is 15.5 Å². The monoisotopic (exact) mass is 438 g/mol. The van der Waals surface area contributed by atoms with E-state index in [1.165, 1.54) is 19.2 Å². The molecule has 1 saturated heterocycles. The van der Waals surface area contributed by atoms with Crippen LogP contribution in [0.4, 0.5) is 19.2 Å². The van der Waals surface area contributed by atoms with Gasteiger partial charge in [-0.25, -0.2) is 13.2 Å². The van der Waals surface area contributed by atoms with Gasteiger partial charge in [0.05, 0.1) is 12.7 Å². The van der Waals surface area contributed by atoms with E-state index in [9.17, 15) is 18.0 Å². The number of aromatic nitrogens is 2. The summed E-state index contributed by atoms with van der Waals surface area (Å²) < 4.78 is 53.3. The predicted molar refractivity (Wildman–Crippen MR) is 101 cm³/mol. The Kier molecular flexibility index (Phi) is 5.25. The zero-order chi connectivity index (χ0) is 21.4. The number of benzene rings is 2. The number of hydrogen-bond acceptors (Lipinski definition) is 6. The third-order valence-corrected chi connectivity index (χ3v) is 4.94. The molecular formula is C19H14ClF3N4O3. The lowest BCUT2D eigenvalue weighted by Gasteiger charge is -2.19. The van der Waals surface area contributed by atoms with E-state index in [4.69, 9.17) is 20.8 Å². The van der Waals surface area contributed by atoms with E-state index in [2.05, 4.69) is 20.8 Å². The summed E-state index contributed by atoms with van der Waals surface area (Å²) >= 11 is 5.73. The molecule has 3 aromatic rings. The molecule has 11 heteroatoms. The van der Waals surface area contributed by atoms with Crippen LogP contribution in [0.1, 0.15) is 11.5 Å². The van der Waals surface area contributed by atoms with E-state index < -0.39 is 35.3 Å². The van der Waals surface area contributed by atoms with Crippen molar-refractivity contribution < 1.29 is 27.1 Å². The molecule has 0 saturated carbocycles. The lowest BCUT2D eigenvalue weighted by atomic mass is 9.93. The van der Waals surface area contributed by atoms with E-state index in [0.717, 1.165) is 18.2 Å². The van der Waals surface area contributed by atoms with E-state index in [-0.39, 0.29) is 40.3 Å². The number of amides is 1. The Hall–Kier alpha value is -3.27. The molecule has 0 radical (unpaired) electrons. The van der Waals surface area contributed by atoms with Crippen LogP contribution >= 0.6 is 11.6 Å². The fourth-order valence-corrected chi connectivity index (χ4v) is 3.43. The largest absolute Gasteiger partial charge is 0.497 e. The fraction of sp³-hybridized carbons (Fsp3) is 0.211. The third kappa shape index (κ3) is 3.65. The summed E-state index contributed by atoms with van der Waals surface area (Å²) in [5.41, 5.74) is -0.269. The van der Waals surface area contributed by atoms with Gasteiger partial charge in [0.25, 0.3) is 5.89 Å². The summed E-state index contributed by atoms with van der Waals surface area (Å²) in [7, 11) is 1.29. The van der Waals surface area contributed by atoms with Crippen LogP contribution in [0, 0.1) is 17.5 Å². The Morgan fingerprint density at radius 1 is 1.17 bits per heavy atom. The number of ether oxygens (including phenoxy) is 1. The molecule has 1 amide bonds. The second-order valence-electron chi connectivity index (χ2n) is 6.51. The number of rotatable bonds is 5. The van der Waals surface area contributed by atoms with E-state index in [1.807, 2.05) is 0 Å². The topological polar surface area (TPSA) is 89.3 Å². The Morgan fingerprint density at radius 3 is 2.57 bits per heavy atom. The van der Waals surface area contributed by atoms with E-state index in [1.54, 1.807) is 0 Å². The van der Waals surface area contributed by atoms with Crippen molar-refractivity contribution in [2.75, 3.05) is 19.0 Å². The lowest BCUT2D eigenvalue weighted by molar-refractivity contribution is -0.119. The van der Waals surface area contributed by atoms with Gasteiger partial charge >= 0.3 is 6.01 Å². The molecule has 1 aromatic heterocycles. The molecule has 0 spiro atoms. The molecule has 2 heterocycles. The Morgan fingerprint density at radius 2 is 1.90 bits per heavy atom. The molecule has 2 atom stereocenters. The SMILES string of the molecule is COc1cc(F)c([C@@H]2CNC(=O)[C@H]2Nc2nnc(-c3ccc(Cl)cc3F)o2)c(F)c1. The minimum atomic E-state index is -1.09. The van der Waals surface area contributed by atoms with Crippen molar-refractivity contribution in [3.63, 3.8) is 0 Å². The van der Waals surface area contributed by atoms with Crippen molar-refractivity contribution in [2.45, 2.75) is 12.0 Å². The van der Waals surface area contributed by atoms with Gasteiger partial charge in [0.15, 0.2) is 0 Å². The zero-order valence-corrected chi connectivity index (χ0v) is 16.1. The molecule has 0 unspecified atom stereocenters. The highest BCUT2D eigenvalue weighted by Crippen LogP contribution is 2.33. The molecule has 7 nitrogen and oxygen atoms in total. The Balaban J connectivity index is 1.61. The van der Waals surface area contributed by atoms with Crippen molar-refractivity contribution in [3.8, 4) is 17.2 Å². The average Bonchev–Trinajstić information content (AvgIpc) is 3.29. The summed E-state index contributed by atoms with van der Waals surface area (Å²) in [5, 5.41) is 12.9. The highest BCUT2D eigenvalue weighted by Gasteiger charge is 2.40. The Labute approximate surface area is 173 Å². The normalized spacial score (nSPS) is 18.4. The molecule has 30 heavy (non-hydrogen) atoms. The first-order valence-electron chi connectivity index (χ1n) is 8.73. The third-order valence-electron chi connectivity index (χ3n) is 4.71. The molecule has 4 rings (SSSR count). The maximum atomic E-state index is 14.5. The summed E-state index contributed by atoms with van der Waals surface area (Å²) in [5.74, 6) is -3.91. The van der Waals surface area contributed by atoms with Gasteiger partial charge in [-0.1, -0.05) is 16.7 Å². The molecule has 2 aromatic carbocycles. The van der Waals surface area contributed by atoms with Crippen LogP contribution in [0.25, 0.3) is 11.5 Å². The minimum absolute atomic E-state index is 0.0104. The maximum absolute atomic E-state index is 14.5. The molecule has 1 fully saturated rings. The van der Waals surface area contributed by atoms with Gasteiger partial charge in [-0.3, -0.25) is 4.79 Å². The van der Waals surface area contributed by atoms with Gasteiger partial charge in [0.1, 0.15) is 29.2 Å². The standard InChI is InChI=1S/C19H14ClF3N4O3/c1-29-9-5-13(22)15(14(23)6-9)11-7-24-17(28)16(11)25-19-27-26-18(30-19)10-3-2-8(20)4-12(10)21/h2-6,11,16H,7H2,1H3,(H,24,28)(H,25,27)/t11-,16-/m0/s1. The first-order chi connectivity index (χ1) is 14.4. The fourth-order valence-electron chi connectivity index (χ4n) is 3.28. The average molecular weight is 439 g/mol. The summed E-state index contributed by atoms with van der Waals surface area (Å²) in [4.78, 5) is 12.3. The quantitative estimate of drug-likeness (QED) is 0.633. The van der Waals surface area contributed by atoms with Crippen LogP contribution in [0.3, 0.4) is 0 Å². The first kappa shape index (κ1) is 20.0. The highest BCUT2D eigenvalue weighted by atomic mass is 35.5. The second kappa shape index (κ2) is 7.86. The number of hydrogen-bond donors (Lipinski definition) is 2. The zero-order valence-electron chi connectivity index (χ0n) is 15.4. The number of anilines is 1. The van der Waals surface area contributed by atoms with E-state index in [0.29, 0.717) is 0 Å². The van der Waals surface area contributed by atoms with Crippen molar-refractivity contribution >= 4 is 23.5 Å².